The Morgan fingerprint density at radius 3 is 2.18 bits per heavy atom. The van der Waals surface area contributed by atoms with E-state index in [1.54, 1.807) is 23.1 Å². The monoisotopic (exact) mass is 536 g/mol. The lowest BCUT2D eigenvalue weighted by atomic mass is 9.95. The number of phenolic OH excluding ortho intramolecular Hbond substituents is 1. The number of ether oxygens (including phenoxy) is 2. The molecule has 0 spiro atoms. The zero-order valence-electron chi connectivity index (χ0n) is 20.3. The fourth-order valence-corrected chi connectivity index (χ4v) is 4.26. The molecule has 1 heterocycles. The van der Waals surface area contributed by atoms with Gasteiger partial charge in [-0.15, -0.1) is 17.0 Å². The van der Waals surface area contributed by atoms with E-state index in [4.69, 9.17) is 14.9 Å². The van der Waals surface area contributed by atoms with Gasteiger partial charge in [0.15, 0.2) is 23.1 Å². The van der Waals surface area contributed by atoms with Gasteiger partial charge in [0, 0.05) is 12.1 Å². The van der Waals surface area contributed by atoms with Crippen LogP contribution in [0.5, 0.6) is 17.2 Å². The average Bonchev–Trinajstić information content (AvgIpc) is 3.12. The molecule has 0 radical (unpaired) electrons. The van der Waals surface area contributed by atoms with E-state index in [0.29, 0.717) is 24.0 Å². The highest BCUT2D eigenvalue weighted by molar-refractivity contribution is 8.93. The Hall–Kier alpha value is -2.61. The molecule has 1 aliphatic rings. The Morgan fingerprint density at radius 1 is 1.09 bits per heavy atom. The van der Waals surface area contributed by atoms with Crippen molar-refractivity contribution in [1.82, 2.24) is 4.90 Å². The smallest absolute Gasteiger partial charge is 0.197 e. The molecular weight excluding hydrogens is 503 g/mol. The summed E-state index contributed by atoms with van der Waals surface area (Å²) in [5, 5.41) is 19.2. The molecule has 2 N–H and O–H groups in total. The van der Waals surface area contributed by atoms with Crippen LogP contribution in [-0.2, 0) is 19.4 Å². The summed E-state index contributed by atoms with van der Waals surface area (Å²) < 4.78 is 25.4. The van der Waals surface area contributed by atoms with Crippen molar-refractivity contribution >= 4 is 28.6 Å². The SMILES string of the molecule is Br.CCCCc1cc(C(=O)CN2Cc3cc(OC)c(OC)c(F)c3C2=N)cc(CCCC)c1O. The van der Waals surface area contributed by atoms with E-state index in [2.05, 4.69) is 13.8 Å². The first kappa shape index (κ1) is 27.6. The van der Waals surface area contributed by atoms with E-state index in [1.165, 1.54) is 14.2 Å². The van der Waals surface area contributed by atoms with Crippen molar-refractivity contribution in [1.29, 1.82) is 5.41 Å². The fraction of sp³-hybridized carbons (Fsp3) is 0.462. The summed E-state index contributed by atoms with van der Waals surface area (Å²) in [6.07, 6.45) is 5.24. The number of benzene rings is 2. The van der Waals surface area contributed by atoms with Crippen LogP contribution in [0, 0.1) is 11.2 Å². The number of carbonyl (C=O) groups is 1. The number of aromatic hydroxyl groups is 1. The number of fused-ring (bicyclic) bond motifs is 1. The summed E-state index contributed by atoms with van der Waals surface area (Å²) >= 11 is 0. The van der Waals surface area contributed by atoms with Crippen molar-refractivity contribution in [3.63, 3.8) is 0 Å². The van der Waals surface area contributed by atoms with Gasteiger partial charge in [0.2, 0.25) is 0 Å². The number of hydrogen-bond acceptors (Lipinski definition) is 5. The van der Waals surface area contributed by atoms with Crippen LogP contribution in [0.25, 0.3) is 0 Å². The van der Waals surface area contributed by atoms with E-state index in [-0.39, 0.29) is 64.5 Å². The number of hydrogen-bond donors (Lipinski definition) is 2. The van der Waals surface area contributed by atoms with Crippen molar-refractivity contribution < 1.29 is 23.8 Å². The van der Waals surface area contributed by atoms with Crippen LogP contribution in [0.4, 0.5) is 4.39 Å². The van der Waals surface area contributed by atoms with Crippen molar-refractivity contribution in [2.24, 2.45) is 0 Å². The molecular formula is C26H34BrFN2O4. The van der Waals surface area contributed by atoms with Gasteiger partial charge < -0.3 is 19.5 Å². The molecule has 2 aromatic rings. The maximum absolute atomic E-state index is 15.0. The van der Waals surface area contributed by atoms with E-state index in [0.717, 1.165) is 36.8 Å². The molecule has 0 bridgehead atoms. The van der Waals surface area contributed by atoms with Crippen LogP contribution < -0.4 is 9.47 Å². The molecule has 6 nitrogen and oxygen atoms in total. The number of amidine groups is 1. The second-order valence-corrected chi connectivity index (χ2v) is 8.44. The minimum Gasteiger partial charge on any atom is -0.507 e. The third kappa shape index (κ3) is 5.54. The number of phenols is 1. The predicted molar refractivity (Wildman–Crippen MR) is 137 cm³/mol. The van der Waals surface area contributed by atoms with Crippen molar-refractivity contribution in [2.75, 3.05) is 20.8 Å². The van der Waals surface area contributed by atoms with Gasteiger partial charge in [-0.25, -0.2) is 4.39 Å². The molecule has 0 saturated carbocycles. The highest BCUT2D eigenvalue weighted by Crippen LogP contribution is 2.38. The fourth-order valence-electron chi connectivity index (χ4n) is 4.26. The Balaban J connectivity index is 0.00000408. The number of aryl methyl sites for hydroxylation is 2. The van der Waals surface area contributed by atoms with E-state index >= 15 is 4.39 Å². The first-order chi connectivity index (χ1) is 15.9. The zero-order chi connectivity index (χ0) is 24.1. The summed E-state index contributed by atoms with van der Waals surface area (Å²) in [6.45, 7) is 4.36. The van der Waals surface area contributed by atoms with E-state index in [9.17, 15) is 9.90 Å². The number of ketones is 1. The first-order valence-electron chi connectivity index (χ1n) is 11.5. The number of Topliss-reactive ketones (excluding diaryl/α,β-unsaturated/α-hetero) is 1. The molecule has 0 amide bonds. The number of rotatable bonds is 11. The second-order valence-electron chi connectivity index (χ2n) is 8.44. The van der Waals surface area contributed by atoms with Crippen LogP contribution in [-0.4, -0.2) is 42.4 Å². The Bertz CT molecular complexity index is 1030. The summed E-state index contributed by atoms with van der Waals surface area (Å²) in [7, 11) is 2.78. The standard InChI is InChI=1S/C26H33FN2O4.BrH/c1-5-7-9-16-11-18(12-17(24(16)31)10-8-6-2)20(30)15-29-14-19-13-21(32-3)25(33-4)23(27)22(19)26(29)28;/h11-13,28,31H,5-10,14-15H2,1-4H3;1H. The molecule has 8 heteroatoms. The lowest BCUT2D eigenvalue weighted by Crippen LogP contribution is -2.30. The van der Waals surface area contributed by atoms with Crippen LogP contribution in [0.1, 0.15) is 72.1 Å². The Kier molecular flexibility index (Phi) is 9.91. The van der Waals surface area contributed by atoms with Gasteiger partial charge in [-0.05, 0) is 60.6 Å². The molecule has 186 valence electrons. The topological polar surface area (TPSA) is 82.9 Å². The highest BCUT2D eigenvalue weighted by Gasteiger charge is 2.33. The normalized spacial score (nSPS) is 12.4. The number of methoxy groups -OCH3 is 2. The highest BCUT2D eigenvalue weighted by atomic mass is 79.9. The van der Waals surface area contributed by atoms with Crippen LogP contribution in [0.3, 0.4) is 0 Å². The van der Waals surface area contributed by atoms with Crippen molar-refractivity contribution in [3.05, 3.63) is 51.8 Å². The number of unbranched alkanes of at least 4 members (excludes halogenated alkanes) is 2. The van der Waals surface area contributed by atoms with E-state index in [1.807, 2.05) is 0 Å². The zero-order valence-corrected chi connectivity index (χ0v) is 22.0. The largest absolute Gasteiger partial charge is 0.507 e. The third-order valence-corrected chi connectivity index (χ3v) is 6.13. The molecule has 3 rings (SSSR count). The van der Waals surface area contributed by atoms with Gasteiger partial charge in [0.1, 0.15) is 11.6 Å². The maximum atomic E-state index is 15.0. The van der Waals surface area contributed by atoms with E-state index < -0.39 is 5.82 Å². The number of nitrogens with one attached hydrogen (secondary N) is 1. The maximum Gasteiger partial charge on any atom is 0.197 e. The van der Waals surface area contributed by atoms with Gasteiger partial charge in [0.05, 0.1) is 26.3 Å². The molecule has 0 aliphatic carbocycles. The molecule has 0 saturated heterocycles. The molecule has 0 unspecified atom stereocenters. The lowest BCUT2D eigenvalue weighted by molar-refractivity contribution is 0.0962. The first-order valence-corrected chi connectivity index (χ1v) is 11.5. The van der Waals surface area contributed by atoms with Crippen molar-refractivity contribution in [2.45, 2.75) is 58.9 Å². The number of carbonyl (C=O) groups excluding carboxylic acids is 1. The Labute approximate surface area is 211 Å². The number of nitrogens with zero attached hydrogens (tertiary/aromatic N) is 1. The molecule has 2 aromatic carbocycles. The average molecular weight is 537 g/mol. The minimum absolute atomic E-state index is 0. The molecule has 0 atom stereocenters. The molecule has 0 fully saturated rings. The summed E-state index contributed by atoms with van der Waals surface area (Å²) in [6, 6.07) is 5.19. The van der Waals surface area contributed by atoms with Gasteiger partial charge in [-0.1, -0.05) is 26.7 Å². The van der Waals surface area contributed by atoms with Gasteiger partial charge in [0.25, 0.3) is 0 Å². The lowest BCUT2D eigenvalue weighted by Gasteiger charge is -2.18. The van der Waals surface area contributed by atoms with Crippen LogP contribution in [0.15, 0.2) is 18.2 Å². The second kappa shape index (κ2) is 12.2. The molecule has 34 heavy (non-hydrogen) atoms. The molecule has 1 aliphatic heterocycles. The minimum atomic E-state index is -0.653. The Morgan fingerprint density at radius 2 is 1.68 bits per heavy atom. The van der Waals surface area contributed by atoms with Crippen LogP contribution >= 0.6 is 17.0 Å². The van der Waals surface area contributed by atoms with Gasteiger partial charge in [-0.2, -0.15) is 0 Å². The summed E-state index contributed by atoms with van der Waals surface area (Å²) in [4.78, 5) is 14.8. The van der Waals surface area contributed by atoms with Gasteiger partial charge in [-0.3, -0.25) is 10.2 Å². The van der Waals surface area contributed by atoms with Gasteiger partial charge >= 0.3 is 0 Å². The summed E-state index contributed by atoms with van der Waals surface area (Å²) in [5.74, 6) is -0.366. The van der Waals surface area contributed by atoms with Crippen LogP contribution in [0.2, 0.25) is 0 Å². The van der Waals surface area contributed by atoms with Crippen molar-refractivity contribution in [3.8, 4) is 17.2 Å². The quantitative estimate of drug-likeness (QED) is 0.352. The third-order valence-electron chi connectivity index (χ3n) is 6.13. The number of halogens is 2. The predicted octanol–water partition coefficient (Wildman–Crippen LogP) is 5.84. The molecule has 0 aromatic heterocycles. The summed E-state index contributed by atoms with van der Waals surface area (Å²) in [5.41, 5.74) is 2.81.